The number of aromatic nitrogens is 2. The average molecular weight is 268 g/mol. The molecule has 0 aliphatic heterocycles. The molecule has 1 saturated carbocycles. The van der Waals surface area contributed by atoms with E-state index in [-0.39, 0.29) is 5.92 Å². The van der Waals surface area contributed by atoms with Crippen molar-refractivity contribution in [3.05, 3.63) is 11.7 Å². The summed E-state index contributed by atoms with van der Waals surface area (Å²) in [5.74, 6) is -0.473. The molecule has 0 spiro atoms. The molecule has 0 saturated heterocycles. The quantitative estimate of drug-likeness (QED) is 0.882. The van der Waals surface area contributed by atoms with Crippen LogP contribution in [0.15, 0.2) is 4.52 Å². The Morgan fingerprint density at radius 3 is 2.89 bits per heavy atom. The topological polar surface area (TPSA) is 85.5 Å². The molecule has 0 amide bonds. The zero-order valence-corrected chi connectivity index (χ0v) is 11.5. The second-order valence-corrected chi connectivity index (χ2v) is 5.38. The van der Waals surface area contributed by atoms with Crippen LogP contribution in [-0.4, -0.2) is 27.8 Å². The molecule has 1 heterocycles. The van der Waals surface area contributed by atoms with Crippen molar-refractivity contribution >= 4 is 5.97 Å². The molecule has 0 bridgehead atoms. The summed E-state index contributed by atoms with van der Waals surface area (Å²) in [5.41, 5.74) is -0.617. The minimum Gasteiger partial charge on any atom is -0.481 e. The van der Waals surface area contributed by atoms with E-state index in [0.29, 0.717) is 24.7 Å². The van der Waals surface area contributed by atoms with Gasteiger partial charge in [-0.2, -0.15) is 4.98 Å². The van der Waals surface area contributed by atoms with Crippen LogP contribution in [0.3, 0.4) is 0 Å². The van der Waals surface area contributed by atoms with Crippen molar-refractivity contribution in [2.75, 3.05) is 6.61 Å². The first-order valence-corrected chi connectivity index (χ1v) is 6.66. The Morgan fingerprint density at radius 2 is 2.26 bits per heavy atom. The molecule has 6 heteroatoms. The lowest BCUT2D eigenvalue weighted by molar-refractivity contribution is -0.142. The molecule has 2 atom stereocenters. The van der Waals surface area contributed by atoms with Crippen LogP contribution in [0.1, 0.15) is 57.7 Å². The molecular formula is C13H20N2O4. The van der Waals surface area contributed by atoms with Gasteiger partial charge in [0.2, 0.25) is 11.7 Å². The Hall–Kier alpha value is -1.43. The maximum atomic E-state index is 11.2. The Kier molecular flexibility index (Phi) is 3.89. The minimum atomic E-state index is -0.786. The molecule has 2 rings (SSSR count). The SMILES string of the molecule is CCOC(C)(C)c1noc(C2CCCC2C(=O)O)n1. The van der Waals surface area contributed by atoms with E-state index in [1.165, 1.54) is 0 Å². The van der Waals surface area contributed by atoms with E-state index in [2.05, 4.69) is 10.1 Å². The molecule has 106 valence electrons. The second kappa shape index (κ2) is 5.28. The van der Waals surface area contributed by atoms with Gasteiger partial charge in [0.05, 0.1) is 11.8 Å². The average Bonchev–Trinajstić information content (AvgIpc) is 2.97. The number of ether oxygens (including phenoxy) is 1. The lowest BCUT2D eigenvalue weighted by Crippen LogP contribution is -2.23. The minimum absolute atomic E-state index is 0.170. The summed E-state index contributed by atoms with van der Waals surface area (Å²) < 4.78 is 10.8. The molecule has 1 aromatic heterocycles. The Labute approximate surface area is 112 Å². The lowest BCUT2D eigenvalue weighted by atomic mass is 9.96. The zero-order chi connectivity index (χ0) is 14.0. The maximum Gasteiger partial charge on any atom is 0.307 e. The summed E-state index contributed by atoms with van der Waals surface area (Å²) in [4.78, 5) is 15.5. The first kappa shape index (κ1) is 14.0. The zero-order valence-electron chi connectivity index (χ0n) is 11.5. The van der Waals surface area contributed by atoms with Crippen LogP contribution in [0.25, 0.3) is 0 Å². The smallest absolute Gasteiger partial charge is 0.307 e. The summed E-state index contributed by atoms with van der Waals surface area (Å²) in [6.07, 6.45) is 2.34. The van der Waals surface area contributed by atoms with Crippen LogP contribution < -0.4 is 0 Å². The fourth-order valence-corrected chi connectivity index (χ4v) is 2.61. The number of carboxylic acids is 1. The molecule has 0 radical (unpaired) electrons. The number of rotatable bonds is 5. The summed E-state index contributed by atoms with van der Waals surface area (Å²) in [7, 11) is 0. The highest BCUT2D eigenvalue weighted by Gasteiger charge is 2.38. The van der Waals surface area contributed by atoms with Gasteiger partial charge in [-0.1, -0.05) is 11.6 Å². The molecular weight excluding hydrogens is 248 g/mol. The van der Waals surface area contributed by atoms with Crippen molar-refractivity contribution in [1.29, 1.82) is 0 Å². The number of carbonyl (C=O) groups is 1. The van der Waals surface area contributed by atoms with Gasteiger partial charge in [0.15, 0.2) is 0 Å². The van der Waals surface area contributed by atoms with Crippen LogP contribution in [-0.2, 0) is 15.1 Å². The van der Waals surface area contributed by atoms with Crippen LogP contribution in [0.2, 0.25) is 0 Å². The predicted molar refractivity (Wildman–Crippen MR) is 66.7 cm³/mol. The van der Waals surface area contributed by atoms with Gasteiger partial charge < -0.3 is 14.4 Å². The van der Waals surface area contributed by atoms with Gasteiger partial charge in [-0.05, 0) is 33.6 Å². The highest BCUT2D eigenvalue weighted by molar-refractivity contribution is 5.71. The molecule has 1 fully saturated rings. The maximum absolute atomic E-state index is 11.2. The number of nitrogens with zero attached hydrogens (tertiary/aromatic N) is 2. The van der Waals surface area contributed by atoms with E-state index >= 15 is 0 Å². The molecule has 1 aliphatic rings. The van der Waals surface area contributed by atoms with E-state index < -0.39 is 17.5 Å². The summed E-state index contributed by atoms with van der Waals surface area (Å²) >= 11 is 0. The number of carboxylic acid groups (broad SMARTS) is 1. The number of aliphatic carboxylic acids is 1. The van der Waals surface area contributed by atoms with Crippen LogP contribution in [0.5, 0.6) is 0 Å². The monoisotopic (exact) mass is 268 g/mol. The van der Waals surface area contributed by atoms with Gasteiger partial charge in [0, 0.05) is 6.61 Å². The van der Waals surface area contributed by atoms with E-state index in [9.17, 15) is 9.90 Å². The van der Waals surface area contributed by atoms with E-state index in [0.717, 1.165) is 12.8 Å². The molecule has 1 N–H and O–H groups in total. The molecule has 19 heavy (non-hydrogen) atoms. The lowest BCUT2D eigenvalue weighted by Gasteiger charge is -2.19. The van der Waals surface area contributed by atoms with Crippen molar-refractivity contribution in [2.24, 2.45) is 5.92 Å². The summed E-state index contributed by atoms with van der Waals surface area (Å²) in [6, 6.07) is 0. The van der Waals surface area contributed by atoms with Crippen molar-refractivity contribution < 1.29 is 19.2 Å². The third-order valence-electron chi connectivity index (χ3n) is 3.64. The van der Waals surface area contributed by atoms with E-state index in [1.807, 2.05) is 20.8 Å². The number of hydrogen-bond donors (Lipinski definition) is 1. The molecule has 1 aliphatic carbocycles. The van der Waals surface area contributed by atoms with Gasteiger partial charge in [0.25, 0.3) is 0 Å². The van der Waals surface area contributed by atoms with Crippen LogP contribution in [0.4, 0.5) is 0 Å². The van der Waals surface area contributed by atoms with Crippen molar-refractivity contribution in [2.45, 2.75) is 51.6 Å². The predicted octanol–water partition coefficient (Wildman–Crippen LogP) is 2.31. The van der Waals surface area contributed by atoms with Crippen LogP contribution >= 0.6 is 0 Å². The first-order valence-electron chi connectivity index (χ1n) is 6.66. The van der Waals surface area contributed by atoms with Crippen LogP contribution in [0, 0.1) is 5.92 Å². The van der Waals surface area contributed by atoms with E-state index in [4.69, 9.17) is 9.26 Å². The normalized spacial score (nSPS) is 23.7. The third-order valence-corrected chi connectivity index (χ3v) is 3.64. The molecule has 2 unspecified atom stereocenters. The van der Waals surface area contributed by atoms with Crippen molar-refractivity contribution in [3.63, 3.8) is 0 Å². The highest BCUT2D eigenvalue weighted by atomic mass is 16.5. The first-order chi connectivity index (χ1) is 8.95. The summed E-state index contributed by atoms with van der Waals surface area (Å²) in [6.45, 7) is 6.20. The Bertz CT molecular complexity index is 455. The summed E-state index contributed by atoms with van der Waals surface area (Å²) in [5, 5.41) is 13.1. The van der Waals surface area contributed by atoms with Gasteiger partial charge in [-0.3, -0.25) is 4.79 Å². The molecule has 6 nitrogen and oxygen atoms in total. The Balaban J connectivity index is 2.19. The van der Waals surface area contributed by atoms with Gasteiger partial charge in [0.1, 0.15) is 5.60 Å². The van der Waals surface area contributed by atoms with E-state index in [1.54, 1.807) is 0 Å². The standard InChI is InChI=1S/C13H20N2O4/c1-4-18-13(2,3)12-14-10(19-15-12)8-6-5-7-9(8)11(16)17/h8-9H,4-7H2,1-3H3,(H,16,17). The fraction of sp³-hybridized carbons (Fsp3) is 0.769. The molecule has 0 aromatic carbocycles. The fourth-order valence-electron chi connectivity index (χ4n) is 2.61. The van der Waals surface area contributed by atoms with Gasteiger partial charge >= 0.3 is 5.97 Å². The van der Waals surface area contributed by atoms with Gasteiger partial charge in [-0.15, -0.1) is 0 Å². The third kappa shape index (κ3) is 2.78. The van der Waals surface area contributed by atoms with Gasteiger partial charge in [-0.25, -0.2) is 0 Å². The van der Waals surface area contributed by atoms with Crippen molar-refractivity contribution in [1.82, 2.24) is 10.1 Å². The van der Waals surface area contributed by atoms with Crippen molar-refractivity contribution in [3.8, 4) is 0 Å². The molecule has 1 aromatic rings. The largest absolute Gasteiger partial charge is 0.481 e. The number of hydrogen-bond acceptors (Lipinski definition) is 5. The second-order valence-electron chi connectivity index (χ2n) is 5.38. The highest BCUT2D eigenvalue weighted by Crippen LogP contribution is 2.39. The Morgan fingerprint density at radius 1 is 1.53 bits per heavy atom.